The van der Waals surface area contributed by atoms with Crippen LogP contribution in [0.1, 0.15) is 0 Å². The van der Waals surface area contributed by atoms with Crippen LogP contribution in [0.5, 0.6) is 0 Å². The first-order valence-corrected chi connectivity index (χ1v) is 29.3. The zero-order valence-electron chi connectivity index (χ0n) is 41.0. The van der Waals surface area contributed by atoms with Crippen molar-refractivity contribution in [3.8, 4) is 66.8 Å². The van der Waals surface area contributed by atoms with E-state index in [1.807, 2.05) is 22.7 Å². The normalized spacial score (nSPS) is 11.7. The number of rotatable bonds is 10. The van der Waals surface area contributed by atoms with Gasteiger partial charge in [0.05, 0.1) is 0 Å². The lowest BCUT2D eigenvalue weighted by Crippen LogP contribution is -2.74. The highest BCUT2D eigenvalue weighted by Gasteiger charge is 2.41. The molecule has 14 aromatic rings. The van der Waals surface area contributed by atoms with E-state index in [-0.39, 0.29) is 0 Å². The summed E-state index contributed by atoms with van der Waals surface area (Å²) in [4.78, 5) is 0. The van der Waals surface area contributed by atoms with Gasteiger partial charge in [-0.15, -0.1) is 22.7 Å². The lowest BCUT2D eigenvalue weighted by atomic mass is 9.95. The third-order valence-corrected chi connectivity index (χ3v) is 22.5. The van der Waals surface area contributed by atoms with Crippen LogP contribution in [0.15, 0.2) is 291 Å². The van der Waals surface area contributed by atoms with Crippen LogP contribution >= 0.6 is 22.7 Å². The second-order valence-corrected chi connectivity index (χ2v) is 25.4. The van der Waals surface area contributed by atoms with E-state index in [2.05, 4.69) is 291 Å². The minimum atomic E-state index is -2.91. The van der Waals surface area contributed by atoms with Crippen LogP contribution in [0.2, 0.25) is 0 Å². The van der Waals surface area contributed by atoms with Crippen molar-refractivity contribution >= 4 is 91.8 Å². The fraction of sp³-hybridized carbons (Fsp3) is 0. The number of fused-ring (bicyclic) bond motifs is 6. The van der Waals surface area contributed by atoms with E-state index in [9.17, 15) is 0 Å². The van der Waals surface area contributed by atoms with Gasteiger partial charge < -0.3 is 0 Å². The van der Waals surface area contributed by atoms with Crippen molar-refractivity contribution in [3.63, 3.8) is 0 Å². The predicted octanol–water partition coefficient (Wildman–Crippen LogP) is 17.8. The Labute approximate surface area is 446 Å². The van der Waals surface area contributed by atoms with Gasteiger partial charge in [-0.2, -0.15) is 0 Å². The van der Waals surface area contributed by atoms with Gasteiger partial charge in [-0.3, -0.25) is 0 Å². The third kappa shape index (κ3) is 7.96. The predicted molar refractivity (Wildman–Crippen MR) is 328 cm³/mol. The van der Waals surface area contributed by atoms with Crippen molar-refractivity contribution in [2.24, 2.45) is 0 Å². The zero-order chi connectivity index (χ0) is 49.7. The Hall–Kier alpha value is -8.70. The van der Waals surface area contributed by atoms with Crippen LogP contribution in [-0.4, -0.2) is 8.07 Å². The van der Waals surface area contributed by atoms with Gasteiger partial charge in [-0.1, -0.05) is 243 Å². The van der Waals surface area contributed by atoms with Crippen molar-refractivity contribution in [2.75, 3.05) is 0 Å². The monoisotopic (exact) mass is 1000 g/mol. The molecule has 0 bridgehead atoms. The van der Waals surface area contributed by atoms with Crippen LogP contribution in [0.4, 0.5) is 0 Å². The molecule has 75 heavy (non-hydrogen) atoms. The average Bonchev–Trinajstić information content (AvgIpc) is 4.07. The standard InChI is InChI=1S/C72H48S2Si/c1-7-19-49(20-8-1)55-35-41-69-65(43-55)67-47-57(51-23-11-3-12-24-51)45-63(71(67)73-69)53-31-37-61(38-32-53)75(59-27-15-5-16-28-59,60-29-17-6-18-30-60)62-39-33-54(34-40-62)64-46-58(52-25-13-4-14-26-52)48-68-66-44-56(50-21-9-2-10-22-50)36-42-70(66)74-72(64)68/h1-48H. The zero-order valence-corrected chi connectivity index (χ0v) is 43.7. The lowest BCUT2D eigenvalue weighted by molar-refractivity contribution is 1.62. The molecule has 2 aromatic heterocycles. The molecular weight excluding hydrogens is 957 g/mol. The number of benzene rings is 12. The fourth-order valence-corrected chi connectivity index (χ4v) is 18.7. The molecule has 0 saturated carbocycles. The van der Waals surface area contributed by atoms with E-state index in [0.717, 1.165) is 0 Å². The summed E-state index contributed by atoms with van der Waals surface area (Å²) in [6.45, 7) is 0. The highest BCUT2D eigenvalue weighted by atomic mass is 32.1. The Bertz CT molecular complexity index is 4050. The van der Waals surface area contributed by atoms with Gasteiger partial charge in [0.2, 0.25) is 0 Å². The van der Waals surface area contributed by atoms with E-state index in [1.165, 1.54) is 128 Å². The maximum absolute atomic E-state index is 2.91. The maximum atomic E-state index is 2.45. The summed E-state index contributed by atoms with van der Waals surface area (Å²) in [5, 5.41) is 10.6. The molecule has 0 fully saturated rings. The molecule has 0 nitrogen and oxygen atoms in total. The van der Waals surface area contributed by atoms with Crippen molar-refractivity contribution in [1.82, 2.24) is 0 Å². The quantitative estimate of drug-likeness (QED) is 0.0946. The molecule has 0 unspecified atom stereocenters. The number of hydrogen-bond donors (Lipinski definition) is 0. The molecule has 3 heteroatoms. The Morgan fingerprint density at radius 3 is 0.827 bits per heavy atom. The summed E-state index contributed by atoms with van der Waals surface area (Å²) >= 11 is 3.80. The van der Waals surface area contributed by atoms with Crippen LogP contribution in [0, 0.1) is 0 Å². The van der Waals surface area contributed by atoms with Gasteiger partial charge in [0.15, 0.2) is 8.07 Å². The Morgan fingerprint density at radius 1 is 0.200 bits per heavy atom. The minimum Gasteiger partial charge on any atom is -0.135 e. The molecule has 14 rings (SSSR count). The molecule has 2 heterocycles. The van der Waals surface area contributed by atoms with Crippen molar-refractivity contribution < 1.29 is 0 Å². The SMILES string of the molecule is c1ccc(-c2ccc3sc4c(-c5ccc([Si](c6ccccc6)(c6ccccc6)c6ccc(-c7cc(-c8ccccc8)cc8c7sc7ccc(-c9ccccc9)cc78)cc6)cc5)cc(-c5ccccc5)cc4c3c2)cc1. The van der Waals surface area contributed by atoms with E-state index < -0.39 is 8.07 Å². The van der Waals surface area contributed by atoms with E-state index in [4.69, 9.17) is 0 Å². The Morgan fingerprint density at radius 2 is 0.480 bits per heavy atom. The van der Waals surface area contributed by atoms with E-state index >= 15 is 0 Å². The van der Waals surface area contributed by atoms with Crippen LogP contribution < -0.4 is 20.7 Å². The average molecular weight is 1010 g/mol. The highest BCUT2D eigenvalue weighted by molar-refractivity contribution is 7.27. The van der Waals surface area contributed by atoms with Gasteiger partial charge in [-0.05, 0) is 125 Å². The molecule has 0 radical (unpaired) electrons. The van der Waals surface area contributed by atoms with Gasteiger partial charge in [0.25, 0.3) is 0 Å². The number of thiophene rings is 2. The van der Waals surface area contributed by atoms with Gasteiger partial charge >= 0.3 is 0 Å². The molecule has 0 aliphatic carbocycles. The molecule has 0 saturated heterocycles. The topological polar surface area (TPSA) is 0 Å². The molecule has 0 N–H and O–H groups in total. The van der Waals surface area contributed by atoms with Gasteiger partial charge in [0.1, 0.15) is 0 Å². The summed E-state index contributed by atoms with van der Waals surface area (Å²) in [5.41, 5.74) is 14.8. The van der Waals surface area contributed by atoms with E-state index in [0.29, 0.717) is 0 Å². The molecule has 12 aromatic carbocycles. The number of hydrogen-bond acceptors (Lipinski definition) is 2. The molecular formula is C72H48S2Si. The minimum absolute atomic E-state index is 1.22. The Balaban J connectivity index is 0.932. The highest BCUT2D eigenvalue weighted by Crippen LogP contribution is 2.46. The summed E-state index contributed by atoms with van der Waals surface area (Å²) in [6, 6.07) is 109. The second-order valence-electron chi connectivity index (χ2n) is 19.5. The molecule has 0 aliphatic heterocycles. The molecule has 0 aliphatic rings. The van der Waals surface area contributed by atoms with Crippen LogP contribution in [0.25, 0.3) is 107 Å². The van der Waals surface area contributed by atoms with Crippen molar-refractivity contribution in [2.45, 2.75) is 0 Å². The van der Waals surface area contributed by atoms with Gasteiger partial charge in [0, 0.05) is 51.5 Å². The van der Waals surface area contributed by atoms with E-state index in [1.54, 1.807) is 0 Å². The van der Waals surface area contributed by atoms with Crippen molar-refractivity contribution in [1.29, 1.82) is 0 Å². The van der Waals surface area contributed by atoms with Crippen molar-refractivity contribution in [3.05, 3.63) is 291 Å². The second kappa shape index (κ2) is 19.0. The molecule has 0 spiro atoms. The molecule has 352 valence electrons. The largest absolute Gasteiger partial charge is 0.179 e. The van der Waals surface area contributed by atoms with Gasteiger partial charge in [-0.25, -0.2) is 0 Å². The molecule has 0 atom stereocenters. The summed E-state index contributed by atoms with van der Waals surface area (Å²) in [7, 11) is -2.91. The summed E-state index contributed by atoms with van der Waals surface area (Å²) < 4.78 is 5.22. The fourth-order valence-electron chi connectivity index (χ4n) is 11.6. The Kier molecular flexibility index (Phi) is 11.4. The first kappa shape index (κ1) is 45.0. The molecule has 0 amide bonds. The lowest BCUT2D eigenvalue weighted by Gasteiger charge is -2.34. The smallest absolute Gasteiger partial charge is 0.135 e. The van der Waals surface area contributed by atoms with Crippen LogP contribution in [-0.2, 0) is 0 Å². The van der Waals surface area contributed by atoms with Crippen LogP contribution in [0.3, 0.4) is 0 Å². The first-order valence-electron chi connectivity index (χ1n) is 25.7. The summed E-state index contributed by atoms with van der Waals surface area (Å²) in [5.74, 6) is 0. The summed E-state index contributed by atoms with van der Waals surface area (Å²) in [6.07, 6.45) is 0. The third-order valence-electron chi connectivity index (χ3n) is 15.2. The first-order chi connectivity index (χ1) is 37.2. The maximum Gasteiger partial charge on any atom is 0.179 e.